The Kier molecular flexibility index (Phi) is 1.69. The van der Waals surface area contributed by atoms with Crippen molar-refractivity contribution in [1.29, 1.82) is 0 Å². The average molecular weight is 181 g/mol. The van der Waals surface area contributed by atoms with E-state index in [1.54, 1.807) is 6.07 Å². The number of anilines is 1. The van der Waals surface area contributed by atoms with Crippen LogP contribution in [0.4, 0.5) is 10.1 Å². The molecule has 3 nitrogen and oxygen atoms in total. The molecular formula is C9H8FNO2. The first kappa shape index (κ1) is 8.04. The monoisotopic (exact) mass is 181 g/mol. The number of benzene rings is 1. The Hall–Kier alpha value is -1.58. The molecule has 1 aromatic rings. The molecule has 0 fully saturated rings. The number of carboxylic acid groups (broad SMARTS) is 1. The highest BCUT2D eigenvalue weighted by molar-refractivity contribution is 5.92. The Bertz CT molecular complexity index is 376. The van der Waals surface area contributed by atoms with Crippen LogP contribution in [0.5, 0.6) is 0 Å². The Labute approximate surface area is 74.2 Å². The molecule has 1 heterocycles. The molecule has 0 saturated heterocycles. The quantitative estimate of drug-likeness (QED) is 0.690. The summed E-state index contributed by atoms with van der Waals surface area (Å²) < 4.78 is 13.1. The smallest absolute Gasteiger partial charge is 0.339 e. The molecule has 68 valence electrons. The van der Waals surface area contributed by atoms with Gasteiger partial charge in [0.15, 0.2) is 0 Å². The van der Waals surface area contributed by atoms with E-state index >= 15 is 0 Å². The van der Waals surface area contributed by atoms with E-state index in [9.17, 15) is 9.18 Å². The molecule has 0 amide bonds. The third-order valence-electron chi connectivity index (χ3n) is 2.17. The molecule has 0 bridgehead atoms. The lowest BCUT2D eigenvalue weighted by molar-refractivity contribution is 0.0691. The number of nitrogens with one attached hydrogen (secondary N) is 1. The van der Waals surface area contributed by atoms with Crippen LogP contribution in [0.25, 0.3) is 0 Å². The van der Waals surface area contributed by atoms with Gasteiger partial charge >= 0.3 is 5.97 Å². The maximum absolute atomic E-state index is 13.1. The zero-order valence-electron chi connectivity index (χ0n) is 6.80. The van der Waals surface area contributed by atoms with Crippen molar-refractivity contribution in [2.75, 3.05) is 11.9 Å². The van der Waals surface area contributed by atoms with Gasteiger partial charge in [0.2, 0.25) is 0 Å². The van der Waals surface area contributed by atoms with Crippen molar-refractivity contribution in [1.82, 2.24) is 0 Å². The van der Waals surface area contributed by atoms with Gasteiger partial charge in [-0.2, -0.15) is 0 Å². The lowest BCUT2D eigenvalue weighted by Gasteiger charge is -2.04. The highest BCUT2D eigenvalue weighted by Crippen LogP contribution is 2.27. The van der Waals surface area contributed by atoms with Crippen molar-refractivity contribution >= 4 is 11.7 Å². The average Bonchev–Trinajstić information content (AvgIpc) is 2.50. The molecule has 0 aliphatic carbocycles. The molecule has 2 rings (SSSR count). The number of hydrogen-bond donors (Lipinski definition) is 2. The van der Waals surface area contributed by atoms with E-state index in [1.807, 2.05) is 0 Å². The summed E-state index contributed by atoms with van der Waals surface area (Å²) >= 11 is 0. The Morgan fingerprint density at radius 3 is 3.00 bits per heavy atom. The zero-order valence-corrected chi connectivity index (χ0v) is 6.80. The van der Waals surface area contributed by atoms with Crippen LogP contribution in [0.2, 0.25) is 0 Å². The van der Waals surface area contributed by atoms with Crippen molar-refractivity contribution in [2.45, 2.75) is 6.42 Å². The predicted octanol–water partition coefficient (Wildman–Crippen LogP) is 1.49. The molecule has 2 N–H and O–H groups in total. The molecule has 4 heteroatoms. The molecule has 13 heavy (non-hydrogen) atoms. The maximum Gasteiger partial charge on any atom is 0.339 e. The largest absolute Gasteiger partial charge is 0.478 e. The summed E-state index contributed by atoms with van der Waals surface area (Å²) in [6.45, 7) is 0.680. The van der Waals surface area contributed by atoms with Crippen LogP contribution in [-0.2, 0) is 6.42 Å². The van der Waals surface area contributed by atoms with Crippen LogP contribution in [0.15, 0.2) is 12.1 Å². The molecule has 0 saturated carbocycles. The van der Waals surface area contributed by atoms with Gasteiger partial charge in [0.05, 0.1) is 0 Å². The van der Waals surface area contributed by atoms with Gasteiger partial charge < -0.3 is 10.4 Å². The van der Waals surface area contributed by atoms with E-state index in [1.165, 1.54) is 6.07 Å². The van der Waals surface area contributed by atoms with Crippen LogP contribution in [0.3, 0.4) is 0 Å². The van der Waals surface area contributed by atoms with Crippen molar-refractivity contribution < 1.29 is 14.3 Å². The molecule has 0 atom stereocenters. The summed E-state index contributed by atoms with van der Waals surface area (Å²) in [5, 5.41) is 11.8. The fraction of sp³-hybridized carbons (Fsp3) is 0.222. The van der Waals surface area contributed by atoms with Crippen LogP contribution in [0.1, 0.15) is 15.9 Å². The summed E-state index contributed by atoms with van der Waals surface area (Å²) in [7, 11) is 0. The van der Waals surface area contributed by atoms with E-state index in [-0.39, 0.29) is 5.56 Å². The van der Waals surface area contributed by atoms with Gasteiger partial charge in [-0.05, 0) is 24.1 Å². The zero-order chi connectivity index (χ0) is 9.42. The number of halogens is 1. The normalized spacial score (nSPS) is 13.6. The second kappa shape index (κ2) is 2.73. The molecule has 0 aromatic heterocycles. The minimum Gasteiger partial charge on any atom is -0.478 e. The van der Waals surface area contributed by atoms with Crippen molar-refractivity contribution in [2.24, 2.45) is 0 Å². The third-order valence-corrected chi connectivity index (χ3v) is 2.17. The van der Waals surface area contributed by atoms with Crippen molar-refractivity contribution in [3.05, 3.63) is 29.1 Å². The van der Waals surface area contributed by atoms with Gasteiger partial charge in [0, 0.05) is 12.2 Å². The highest BCUT2D eigenvalue weighted by atomic mass is 19.1. The van der Waals surface area contributed by atoms with Crippen LogP contribution in [-0.4, -0.2) is 17.6 Å². The SMILES string of the molecule is O=C(O)c1c(F)ccc2c1CCN2. The Morgan fingerprint density at radius 2 is 2.31 bits per heavy atom. The Morgan fingerprint density at radius 1 is 1.54 bits per heavy atom. The minimum atomic E-state index is -1.20. The van der Waals surface area contributed by atoms with Gasteiger partial charge in [-0.3, -0.25) is 0 Å². The lowest BCUT2D eigenvalue weighted by Crippen LogP contribution is -2.04. The molecule has 0 spiro atoms. The number of hydrogen-bond acceptors (Lipinski definition) is 2. The second-order valence-corrected chi connectivity index (χ2v) is 2.93. The molecule has 1 aliphatic heterocycles. The summed E-state index contributed by atoms with van der Waals surface area (Å²) in [4.78, 5) is 10.7. The van der Waals surface area contributed by atoms with E-state index in [0.717, 1.165) is 5.69 Å². The first-order valence-corrected chi connectivity index (χ1v) is 3.98. The number of fused-ring (bicyclic) bond motifs is 1. The molecule has 1 aromatic carbocycles. The van der Waals surface area contributed by atoms with Gasteiger partial charge in [0.25, 0.3) is 0 Å². The summed E-state index contributed by atoms with van der Waals surface area (Å²) in [5.41, 5.74) is 1.12. The molecular weight excluding hydrogens is 173 g/mol. The van der Waals surface area contributed by atoms with Crippen LogP contribution >= 0.6 is 0 Å². The summed E-state index contributed by atoms with van der Waals surface area (Å²) in [6, 6.07) is 2.75. The van der Waals surface area contributed by atoms with Crippen LogP contribution in [0, 0.1) is 5.82 Å². The highest BCUT2D eigenvalue weighted by Gasteiger charge is 2.21. The van der Waals surface area contributed by atoms with Gasteiger partial charge in [-0.1, -0.05) is 0 Å². The summed E-state index contributed by atoms with van der Waals surface area (Å²) in [5.74, 6) is -1.85. The van der Waals surface area contributed by atoms with Gasteiger partial charge in [-0.15, -0.1) is 0 Å². The fourth-order valence-corrected chi connectivity index (χ4v) is 1.60. The number of aromatic carboxylic acids is 1. The number of rotatable bonds is 1. The van der Waals surface area contributed by atoms with Gasteiger partial charge in [0.1, 0.15) is 11.4 Å². The van der Waals surface area contributed by atoms with Crippen molar-refractivity contribution in [3.63, 3.8) is 0 Å². The predicted molar refractivity (Wildman–Crippen MR) is 45.6 cm³/mol. The van der Waals surface area contributed by atoms with E-state index in [0.29, 0.717) is 18.5 Å². The molecule has 0 unspecified atom stereocenters. The van der Waals surface area contributed by atoms with Crippen LogP contribution < -0.4 is 5.32 Å². The minimum absolute atomic E-state index is 0.192. The van der Waals surface area contributed by atoms with E-state index in [4.69, 9.17) is 5.11 Å². The number of carboxylic acids is 1. The summed E-state index contributed by atoms with van der Waals surface area (Å²) in [6.07, 6.45) is 0.578. The first-order chi connectivity index (χ1) is 6.20. The second-order valence-electron chi connectivity index (χ2n) is 2.93. The topological polar surface area (TPSA) is 49.3 Å². The Balaban J connectivity index is 2.65. The lowest BCUT2D eigenvalue weighted by atomic mass is 10.0. The third kappa shape index (κ3) is 1.14. The van der Waals surface area contributed by atoms with E-state index in [2.05, 4.69) is 5.32 Å². The van der Waals surface area contributed by atoms with E-state index < -0.39 is 11.8 Å². The molecule has 1 aliphatic rings. The molecule has 0 radical (unpaired) electrons. The van der Waals surface area contributed by atoms with Gasteiger partial charge in [-0.25, -0.2) is 9.18 Å². The number of carbonyl (C=O) groups is 1. The first-order valence-electron chi connectivity index (χ1n) is 3.98. The van der Waals surface area contributed by atoms with Crippen molar-refractivity contribution in [3.8, 4) is 0 Å². The maximum atomic E-state index is 13.1. The standard InChI is InChI=1S/C9H8FNO2/c10-6-1-2-7-5(3-4-11-7)8(6)9(12)13/h1-2,11H,3-4H2,(H,12,13). The fourth-order valence-electron chi connectivity index (χ4n) is 1.60.